The molecule has 0 aromatic carbocycles. The number of carbonyl (C=O) groups is 2. The van der Waals surface area contributed by atoms with Gasteiger partial charge in [0, 0.05) is 5.57 Å². The summed E-state index contributed by atoms with van der Waals surface area (Å²) < 4.78 is 5.51. The summed E-state index contributed by atoms with van der Waals surface area (Å²) in [5, 5.41) is 21.2. The summed E-state index contributed by atoms with van der Waals surface area (Å²) in [4.78, 5) is 21.2. The summed E-state index contributed by atoms with van der Waals surface area (Å²) in [6.07, 6.45) is 1.86. The Balaban J connectivity index is 3.14. The molecule has 1 aromatic rings. The largest absolute Gasteiger partial charge is 0.545 e. The van der Waals surface area contributed by atoms with E-state index >= 15 is 0 Å². The lowest BCUT2D eigenvalue weighted by Gasteiger charge is -2.09. The molecule has 0 fully saturated rings. The van der Waals surface area contributed by atoms with Crippen LogP contribution in [-0.2, 0) is 9.59 Å². The molecule has 0 unspecified atom stereocenters. The van der Waals surface area contributed by atoms with Crippen LogP contribution in [0.4, 0.5) is 0 Å². The van der Waals surface area contributed by atoms with Crippen molar-refractivity contribution in [3.8, 4) is 0 Å². The van der Waals surface area contributed by atoms with Crippen molar-refractivity contribution >= 4 is 33.9 Å². The molecule has 1 rings (SSSR count). The second kappa shape index (κ2) is 5.49. The van der Waals surface area contributed by atoms with Crippen molar-refractivity contribution < 1.29 is 24.2 Å². The molecule has 0 N–H and O–H groups in total. The first-order valence-electron chi connectivity index (χ1n) is 4.48. The van der Waals surface area contributed by atoms with Gasteiger partial charge in [-0.25, -0.2) is 0 Å². The molecule has 90 valence electrons. The minimum absolute atomic E-state index is 0.0116. The molecule has 0 amide bonds. The smallest absolute Gasteiger partial charge is 0.169 e. The van der Waals surface area contributed by atoms with Gasteiger partial charge >= 0.3 is 0 Å². The summed E-state index contributed by atoms with van der Waals surface area (Å²) in [6, 6.07) is 3.11. The number of carbonyl (C=O) groups excluding carboxylic acids is 2. The van der Waals surface area contributed by atoms with Crippen molar-refractivity contribution in [3.05, 3.63) is 39.8 Å². The number of carboxylic acids is 2. The fourth-order valence-electron chi connectivity index (χ4n) is 1.14. The van der Waals surface area contributed by atoms with Gasteiger partial charge in [0.2, 0.25) is 0 Å². The Labute approximate surface area is 105 Å². The van der Waals surface area contributed by atoms with E-state index in [1.807, 2.05) is 0 Å². The van der Waals surface area contributed by atoms with Gasteiger partial charge in [0.25, 0.3) is 0 Å². The maximum atomic E-state index is 10.8. The molecule has 6 heteroatoms. The number of furan rings is 1. The Kier molecular flexibility index (Phi) is 4.28. The van der Waals surface area contributed by atoms with Gasteiger partial charge in [0.1, 0.15) is 5.76 Å². The summed E-state index contributed by atoms with van der Waals surface area (Å²) in [7, 11) is 0. The van der Waals surface area contributed by atoms with Crippen LogP contribution in [0, 0.1) is 0 Å². The standard InChI is InChI=1S/C11H9BrO5/c1-6(4-10(13)14)8(11(15)16)5-7-2-3-9(12)17-7/h2-5H,1H3,(H,13,14)(H,15,16)/p-2/b6-4+,8-5-. The molecule has 0 aliphatic heterocycles. The minimum Gasteiger partial charge on any atom is -0.545 e. The molecule has 0 saturated carbocycles. The lowest BCUT2D eigenvalue weighted by molar-refractivity contribution is -0.298. The zero-order chi connectivity index (χ0) is 13.0. The van der Waals surface area contributed by atoms with E-state index in [0.29, 0.717) is 10.7 Å². The van der Waals surface area contributed by atoms with Crippen LogP contribution in [0.25, 0.3) is 6.08 Å². The molecule has 0 spiro atoms. The van der Waals surface area contributed by atoms with E-state index in [0.717, 1.165) is 0 Å². The van der Waals surface area contributed by atoms with E-state index in [1.165, 1.54) is 19.1 Å². The molecular weight excluding hydrogens is 292 g/mol. The fraction of sp³-hybridized carbons (Fsp3) is 0.0909. The van der Waals surface area contributed by atoms with Crippen LogP contribution in [-0.4, -0.2) is 11.9 Å². The molecule has 0 aliphatic carbocycles. The van der Waals surface area contributed by atoms with Gasteiger partial charge in [-0.2, -0.15) is 0 Å². The molecule has 0 atom stereocenters. The summed E-state index contributed by atoms with van der Waals surface area (Å²) in [5.41, 5.74) is -0.270. The summed E-state index contributed by atoms with van der Waals surface area (Å²) >= 11 is 3.06. The first-order chi connectivity index (χ1) is 7.90. The predicted molar refractivity (Wildman–Crippen MR) is 58.2 cm³/mol. The van der Waals surface area contributed by atoms with E-state index in [4.69, 9.17) is 4.42 Å². The van der Waals surface area contributed by atoms with Crippen LogP contribution in [0.3, 0.4) is 0 Å². The number of carboxylic acid groups (broad SMARTS) is 2. The molecule has 1 aromatic heterocycles. The number of rotatable bonds is 4. The topological polar surface area (TPSA) is 93.4 Å². The average molecular weight is 299 g/mol. The third-order valence-corrected chi connectivity index (χ3v) is 2.29. The van der Waals surface area contributed by atoms with Crippen LogP contribution in [0.5, 0.6) is 0 Å². The van der Waals surface area contributed by atoms with E-state index in [-0.39, 0.29) is 16.9 Å². The second-order valence-corrected chi connectivity index (χ2v) is 3.92. The highest BCUT2D eigenvalue weighted by Gasteiger charge is 2.04. The quantitative estimate of drug-likeness (QED) is 0.570. The maximum absolute atomic E-state index is 10.8. The Bertz CT molecular complexity index is 510. The molecule has 5 nitrogen and oxygen atoms in total. The lowest BCUT2D eigenvalue weighted by Crippen LogP contribution is -2.26. The molecule has 0 aliphatic rings. The van der Waals surface area contributed by atoms with Crippen LogP contribution < -0.4 is 10.2 Å². The Morgan fingerprint density at radius 2 is 2.00 bits per heavy atom. The first-order valence-corrected chi connectivity index (χ1v) is 5.27. The van der Waals surface area contributed by atoms with E-state index in [9.17, 15) is 19.8 Å². The van der Waals surface area contributed by atoms with Gasteiger partial charge in [-0.15, -0.1) is 0 Å². The highest BCUT2D eigenvalue weighted by molar-refractivity contribution is 9.10. The van der Waals surface area contributed by atoms with Crippen molar-refractivity contribution in [2.75, 3.05) is 0 Å². The van der Waals surface area contributed by atoms with Gasteiger partial charge in [-0.05, 0) is 52.7 Å². The molecule has 0 radical (unpaired) electrons. The lowest BCUT2D eigenvalue weighted by atomic mass is 10.1. The molecule has 17 heavy (non-hydrogen) atoms. The monoisotopic (exact) mass is 298 g/mol. The first kappa shape index (κ1) is 13.2. The molecule has 1 heterocycles. The minimum atomic E-state index is -1.49. The van der Waals surface area contributed by atoms with Gasteiger partial charge in [-0.3, -0.25) is 0 Å². The van der Waals surface area contributed by atoms with E-state index in [2.05, 4.69) is 15.9 Å². The Hall–Kier alpha value is -1.82. The van der Waals surface area contributed by atoms with Crippen LogP contribution in [0.2, 0.25) is 0 Å². The highest BCUT2D eigenvalue weighted by atomic mass is 79.9. The number of hydrogen-bond acceptors (Lipinski definition) is 5. The Morgan fingerprint density at radius 1 is 1.35 bits per heavy atom. The third kappa shape index (κ3) is 3.92. The van der Waals surface area contributed by atoms with Crippen molar-refractivity contribution in [1.29, 1.82) is 0 Å². The number of hydrogen-bond donors (Lipinski definition) is 0. The van der Waals surface area contributed by atoms with Crippen molar-refractivity contribution in [2.45, 2.75) is 6.92 Å². The Morgan fingerprint density at radius 3 is 2.41 bits per heavy atom. The van der Waals surface area contributed by atoms with E-state index in [1.54, 1.807) is 6.07 Å². The van der Waals surface area contributed by atoms with E-state index < -0.39 is 11.9 Å². The maximum Gasteiger partial charge on any atom is 0.169 e. The fourth-order valence-corrected chi connectivity index (χ4v) is 1.46. The van der Waals surface area contributed by atoms with Crippen molar-refractivity contribution in [1.82, 2.24) is 0 Å². The van der Waals surface area contributed by atoms with Gasteiger partial charge < -0.3 is 24.2 Å². The third-order valence-electron chi connectivity index (χ3n) is 1.86. The van der Waals surface area contributed by atoms with Crippen LogP contribution in [0.1, 0.15) is 12.7 Å². The number of halogens is 1. The summed E-state index contributed by atoms with van der Waals surface area (Å²) in [6.45, 7) is 1.33. The van der Waals surface area contributed by atoms with Crippen molar-refractivity contribution in [3.63, 3.8) is 0 Å². The predicted octanol–water partition coefficient (Wildman–Crippen LogP) is -0.128. The zero-order valence-corrected chi connectivity index (χ0v) is 10.3. The summed E-state index contributed by atoms with van der Waals surface area (Å²) in [5.74, 6) is -2.70. The van der Waals surface area contributed by atoms with Crippen LogP contribution >= 0.6 is 15.9 Å². The average Bonchev–Trinajstić information content (AvgIpc) is 2.58. The van der Waals surface area contributed by atoms with Gasteiger partial charge in [-0.1, -0.05) is 0 Å². The normalized spacial score (nSPS) is 12.6. The van der Waals surface area contributed by atoms with Crippen LogP contribution in [0.15, 0.2) is 38.4 Å². The number of aliphatic carboxylic acids is 2. The molecule has 0 bridgehead atoms. The second-order valence-electron chi connectivity index (χ2n) is 3.13. The van der Waals surface area contributed by atoms with Gasteiger partial charge in [0.15, 0.2) is 4.67 Å². The highest BCUT2D eigenvalue weighted by Crippen LogP contribution is 2.19. The van der Waals surface area contributed by atoms with Crippen molar-refractivity contribution in [2.24, 2.45) is 0 Å². The van der Waals surface area contributed by atoms with Gasteiger partial charge in [0.05, 0.1) is 11.9 Å². The zero-order valence-electron chi connectivity index (χ0n) is 8.73. The molecule has 0 saturated heterocycles. The SMILES string of the molecule is CC(=C\C(=O)[O-])/C(=C/c1ccc(Br)o1)C(=O)[O-]. The molecular formula is C11H7BrO5-2.